The number of amides is 1. The summed E-state index contributed by atoms with van der Waals surface area (Å²) in [5.41, 5.74) is 0. The lowest BCUT2D eigenvalue weighted by Gasteiger charge is -2.18. The number of fused-ring (bicyclic) bond motifs is 1. The van der Waals surface area contributed by atoms with E-state index in [2.05, 4.69) is 10.3 Å². The molecule has 0 spiro atoms. The molecule has 1 aromatic carbocycles. The molecular formula is C19H22N2O4S. The molecule has 0 radical (unpaired) electrons. The van der Waals surface area contributed by atoms with Crippen LogP contribution in [0.1, 0.15) is 20.3 Å². The van der Waals surface area contributed by atoms with E-state index in [0.717, 1.165) is 16.4 Å². The Morgan fingerprint density at radius 1 is 1.27 bits per heavy atom. The second kappa shape index (κ2) is 8.80. The van der Waals surface area contributed by atoms with Crippen molar-refractivity contribution in [2.24, 2.45) is 0 Å². The van der Waals surface area contributed by atoms with E-state index in [1.165, 1.54) is 0 Å². The van der Waals surface area contributed by atoms with Gasteiger partial charge in [-0.3, -0.25) is 4.79 Å². The zero-order chi connectivity index (χ0) is 18.4. The fourth-order valence-electron chi connectivity index (χ4n) is 2.40. The lowest BCUT2D eigenvalue weighted by molar-refractivity contribution is -0.115. The molecular weight excluding hydrogens is 352 g/mol. The van der Waals surface area contributed by atoms with Crippen LogP contribution in [0.5, 0.6) is 17.2 Å². The van der Waals surface area contributed by atoms with Crippen molar-refractivity contribution in [3.8, 4) is 17.2 Å². The van der Waals surface area contributed by atoms with Gasteiger partial charge in [0.2, 0.25) is 5.91 Å². The fraction of sp³-hybridized carbons (Fsp3) is 0.368. The summed E-state index contributed by atoms with van der Waals surface area (Å²) in [5, 5.41) is 2.82. The minimum absolute atomic E-state index is 0.0145. The van der Waals surface area contributed by atoms with E-state index < -0.39 is 0 Å². The minimum Gasteiger partial charge on any atom is -0.487 e. The maximum atomic E-state index is 12.2. The molecule has 2 heterocycles. The highest BCUT2D eigenvalue weighted by molar-refractivity contribution is 7.99. The van der Waals surface area contributed by atoms with Crippen LogP contribution in [0.3, 0.4) is 0 Å². The van der Waals surface area contributed by atoms with Crippen LogP contribution in [-0.2, 0) is 4.79 Å². The Balaban J connectivity index is 1.50. The standard InChI is InChI=1S/C19H22N2O4S/c1-13(2)25-16-4-3-8-20-19(16)21-18(22)7-11-26-14-5-6-15-17(12-14)24-10-9-23-15/h3-6,8,12-13H,7,9-11H2,1-2H3,(H,20,21,22). The molecule has 1 N–H and O–H groups in total. The van der Waals surface area contributed by atoms with Gasteiger partial charge in [-0.15, -0.1) is 11.8 Å². The first-order valence-corrected chi connectivity index (χ1v) is 9.54. The number of thioether (sulfide) groups is 1. The Morgan fingerprint density at radius 3 is 2.88 bits per heavy atom. The molecule has 0 aliphatic carbocycles. The molecule has 138 valence electrons. The molecule has 26 heavy (non-hydrogen) atoms. The van der Waals surface area contributed by atoms with Gasteiger partial charge in [-0.05, 0) is 44.2 Å². The van der Waals surface area contributed by atoms with Gasteiger partial charge in [-0.1, -0.05) is 0 Å². The van der Waals surface area contributed by atoms with E-state index in [1.54, 1.807) is 30.1 Å². The van der Waals surface area contributed by atoms with Gasteiger partial charge in [-0.2, -0.15) is 0 Å². The van der Waals surface area contributed by atoms with Crippen molar-refractivity contribution < 1.29 is 19.0 Å². The molecule has 3 rings (SSSR count). The monoisotopic (exact) mass is 374 g/mol. The summed E-state index contributed by atoms with van der Waals surface area (Å²) in [4.78, 5) is 17.4. The summed E-state index contributed by atoms with van der Waals surface area (Å²) >= 11 is 1.60. The fourth-order valence-corrected chi connectivity index (χ4v) is 3.28. The van der Waals surface area contributed by atoms with Gasteiger partial charge < -0.3 is 19.5 Å². The van der Waals surface area contributed by atoms with Crippen LogP contribution >= 0.6 is 11.8 Å². The van der Waals surface area contributed by atoms with Crippen LogP contribution in [0, 0.1) is 0 Å². The first-order chi connectivity index (χ1) is 12.6. The molecule has 2 aromatic rings. The minimum atomic E-state index is -0.0950. The van der Waals surface area contributed by atoms with Crippen LogP contribution in [-0.4, -0.2) is 36.0 Å². The van der Waals surface area contributed by atoms with Crippen LogP contribution in [0.25, 0.3) is 0 Å². The molecule has 0 unspecified atom stereocenters. The lowest BCUT2D eigenvalue weighted by atomic mass is 10.3. The van der Waals surface area contributed by atoms with Crippen molar-refractivity contribution >= 4 is 23.5 Å². The largest absolute Gasteiger partial charge is 0.487 e. The Kier molecular flexibility index (Phi) is 6.22. The van der Waals surface area contributed by atoms with E-state index in [0.29, 0.717) is 37.0 Å². The van der Waals surface area contributed by atoms with Gasteiger partial charge in [0, 0.05) is 23.3 Å². The molecule has 6 nitrogen and oxygen atoms in total. The highest BCUT2D eigenvalue weighted by Crippen LogP contribution is 2.34. The highest BCUT2D eigenvalue weighted by atomic mass is 32.2. The van der Waals surface area contributed by atoms with Crippen LogP contribution in [0.15, 0.2) is 41.4 Å². The Hall–Kier alpha value is -2.41. The molecule has 1 amide bonds. The zero-order valence-electron chi connectivity index (χ0n) is 14.9. The highest BCUT2D eigenvalue weighted by Gasteiger charge is 2.13. The predicted molar refractivity (Wildman–Crippen MR) is 101 cm³/mol. The number of aromatic nitrogens is 1. The number of nitrogens with one attached hydrogen (secondary N) is 1. The van der Waals surface area contributed by atoms with Crippen LogP contribution < -0.4 is 19.5 Å². The van der Waals surface area contributed by atoms with Crippen molar-refractivity contribution in [2.75, 3.05) is 24.3 Å². The Morgan fingerprint density at radius 2 is 2.08 bits per heavy atom. The molecule has 0 atom stereocenters. The average Bonchev–Trinajstić information content (AvgIpc) is 2.63. The van der Waals surface area contributed by atoms with E-state index in [4.69, 9.17) is 14.2 Å². The molecule has 0 bridgehead atoms. The summed E-state index contributed by atoms with van der Waals surface area (Å²) in [6, 6.07) is 9.41. The van der Waals surface area contributed by atoms with E-state index in [9.17, 15) is 4.79 Å². The maximum absolute atomic E-state index is 12.2. The smallest absolute Gasteiger partial charge is 0.226 e. The van der Waals surface area contributed by atoms with Crippen molar-refractivity contribution in [3.63, 3.8) is 0 Å². The van der Waals surface area contributed by atoms with Crippen molar-refractivity contribution in [1.82, 2.24) is 4.98 Å². The topological polar surface area (TPSA) is 69.7 Å². The second-order valence-corrected chi connectivity index (χ2v) is 7.14. The number of benzene rings is 1. The van der Waals surface area contributed by atoms with Crippen LogP contribution in [0.2, 0.25) is 0 Å². The molecule has 0 saturated heterocycles. The van der Waals surface area contributed by atoms with Gasteiger partial charge in [0.1, 0.15) is 13.2 Å². The normalized spacial score (nSPS) is 12.7. The van der Waals surface area contributed by atoms with E-state index in [1.807, 2.05) is 32.0 Å². The predicted octanol–water partition coefficient (Wildman–Crippen LogP) is 3.76. The Bertz CT molecular complexity index is 767. The summed E-state index contributed by atoms with van der Waals surface area (Å²) in [5.74, 6) is 3.12. The summed E-state index contributed by atoms with van der Waals surface area (Å²) in [6.45, 7) is 5.01. The first-order valence-electron chi connectivity index (χ1n) is 8.56. The lowest BCUT2D eigenvalue weighted by Crippen LogP contribution is -2.16. The molecule has 1 aromatic heterocycles. The molecule has 1 aliphatic heterocycles. The van der Waals surface area contributed by atoms with Crippen molar-refractivity contribution in [3.05, 3.63) is 36.5 Å². The van der Waals surface area contributed by atoms with Gasteiger partial charge in [0.15, 0.2) is 23.1 Å². The number of carbonyl (C=O) groups excluding carboxylic acids is 1. The number of carbonyl (C=O) groups is 1. The van der Waals surface area contributed by atoms with E-state index >= 15 is 0 Å². The number of hydrogen-bond acceptors (Lipinski definition) is 6. The zero-order valence-corrected chi connectivity index (χ0v) is 15.7. The molecule has 0 saturated carbocycles. The number of pyridine rings is 1. The maximum Gasteiger partial charge on any atom is 0.226 e. The number of hydrogen-bond donors (Lipinski definition) is 1. The summed E-state index contributed by atoms with van der Waals surface area (Å²) in [6.07, 6.45) is 2.02. The number of ether oxygens (including phenoxy) is 3. The third-order valence-corrected chi connectivity index (χ3v) is 4.50. The number of nitrogens with zero attached hydrogens (tertiary/aromatic N) is 1. The van der Waals surface area contributed by atoms with Crippen molar-refractivity contribution in [2.45, 2.75) is 31.3 Å². The first kappa shape index (κ1) is 18.4. The van der Waals surface area contributed by atoms with Gasteiger partial charge in [0.05, 0.1) is 6.10 Å². The average molecular weight is 374 g/mol. The third kappa shape index (κ3) is 5.05. The number of rotatable bonds is 7. The molecule has 0 fully saturated rings. The van der Waals surface area contributed by atoms with Crippen LogP contribution in [0.4, 0.5) is 5.82 Å². The third-order valence-electron chi connectivity index (χ3n) is 3.50. The molecule has 7 heteroatoms. The van der Waals surface area contributed by atoms with Gasteiger partial charge >= 0.3 is 0 Å². The van der Waals surface area contributed by atoms with Crippen molar-refractivity contribution in [1.29, 1.82) is 0 Å². The van der Waals surface area contributed by atoms with Gasteiger partial charge in [0.25, 0.3) is 0 Å². The van der Waals surface area contributed by atoms with E-state index in [-0.39, 0.29) is 12.0 Å². The SMILES string of the molecule is CC(C)Oc1cccnc1NC(=O)CCSc1ccc2c(c1)OCCO2. The second-order valence-electron chi connectivity index (χ2n) is 5.97. The Labute approximate surface area is 157 Å². The van der Waals surface area contributed by atoms with Gasteiger partial charge in [-0.25, -0.2) is 4.98 Å². The summed E-state index contributed by atoms with van der Waals surface area (Å²) < 4.78 is 16.7. The quantitative estimate of drug-likeness (QED) is 0.744. The summed E-state index contributed by atoms with van der Waals surface area (Å²) in [7, 11) is 0. The molecule has 1 aliphatic rings. The number of anilines is 1.